The normalized spacial score (nSPS) is 13.4. The molecule has 1 N–H and O–H groups in total. The van der Waals surface area contributed by atoms with Gasteiger partial charge in [0.15, 0.2) is 5.69 Å². The number of hydrogen-bond donors (Lipinski definition) is 1. The van der Waals surface area contributed by atoms with Crippen LogP contribution in [0.3, 0.4) is 0 Å². The standard InChI is InChI=1S/C11H12N2O5S2/c1-8-5-9(19(14)15)11(10(6-8)20(16,17)18)13-4-3-12(2)7-13/h3-7H,1-2H3,(H-,14,15,16,17,18). The number of imidazole rings is 1. The molecular weight excluding hydrogens is 304 g/mol. The van der Waals surface area contributed by atoms with Crippen LogP contribution in [0, 0.1) is 6.92 Å². The molecule has 2 rings (SSSR count). The van der Waals surface area contributed by atoms with Gasteiger partial charge in [-0.1, -0.05) is 0 Å². The fraction of sp³-hybridized carbons (Fsp3) is 0.182. The largest absolute Gasteiger partial charge is 0.768 e. The number of benzene rings is 1. The van der Waals surface area contributed by atoms with Gasteiger partial charge in [-0.25, -0.2) is 4.57 Å². The summed E-state index contributed by atoms with van der Waals surface area (Å²) in [6, 6.07) is 2.56. The molecule has 0 fully saturated rings. The molecule has 1 heterocycles. The second-order valence-electron chi connectivity index (χ2n) is 4.31. The summed E-state index contributed by atoms with van der Waals surface area (Å²) in [4.78, 5) is -0.651. The minimum atomic E-state index is -4.55. The van der Waals surface area contributed by atoms with E-state index in [9.17, 15) is 21.7 Å². The third-order valence-electron chi connectivity index (χ3n) is 2.67. The lowest BCUT2D eigenvalue weighted by Gasteiger charge is -2.13. The molecule has 9 heteroatoms. The Hall–Kier alpha value is -1.55. The molecule has 7 nitrogen and oxygen atoms in total. The van der Waals surface area contributed by atoms with Crippen molar-refractivity contribution in [3.05, 3.63) is 36.4 Å². The maximum absolute atomic E-state index is 11.5. The lowest BCUT2D eigenvalue weighted by atomic mass is 10.2. The molecule has 1 atom stereocenters. The molecule has 1 aromatic heterocycles. The summed E-state index contributed by atoms with van der Waals surface area (Å²) < 4.78 is 57.9. The van der Waals surface area contributed by atoms with Crippen molar-refractivity contribution >= 4 is 21.2 Å². The van der Waals surface area contributed by atoms with Gasteiger partial charge in [-0.05, 0) is 35.7 Å². The number of hydrogen-bond acceptors (Lipinski definition) is 4. The van der Waals surface area contributed by atoms with Crippen molar-refractivity contribution in [3.63, 3.8) is 0 Å². The molecule has 108 valence electrons. The van der Waals surface area contributed by atoms with Crippen LogP contribution < -0.4 is 4.57 Å². The Morgan fingerprint density at radius 1 is 1.40 bits per heavy atom. The van der Waals surface area contributed by atoms with Crippen LogP contribution in [-0.4, -0.2) is 26.3 Å². The van der Waals surface area contributed by atoms with Gasteiger partial charge in [0.2, 0.25) is 6.33 Å². The van der Waals surface area contributed by atoms with Crippen molar-refractivity contribution in [2.75, 3.05) is 0 Å². The summed E-state index contributed by atoms with van der Waals surface area (Å²) >= 11 is -2.64. The van der Waals surface area contributed by atoms with Crippen LogP contribution in [0.1, 0.15) is 5.56 Å². The third-order valence-corrected chi connectivity index (χ3v) is 4.21. The summed E-state index contributed by atoms with van der Waals surface area (Å²) in [6.45, 7) is 1.55. The SMILES string of the molecule is Cc1cc(S(=O)[O-])c(-n2cc[n+](C)c2)c(S(=O)(=O)O)c1. The van der Waals surface area contributed by atoms with Crippen LogP contribution in [0.25, 0.3) is 5.69 Å². The van der Waals surface area contributed by atoms with Gasteiger partial charge in [0.05, 0.1) is 11.9 Å². The number of nitrogens with zero attached hydrogens (tertiary/aromatic N) is 2. The zero-order valence-corrected chi connectivity index (χ0v) is 12.3. The minimum Gasteiger partial charge on any atom is -0.768 e. The molecule has 0 saturated carbocycles. The van der Waals surface area contributed by atoms with Gasteiger partial charge in [-0.15, -0.1) is 0 Å². The Morgan fingerprint density at radius 3 is 2.50 bits per heavy atom. The Kier molecular flexibility index (Phi) is 3.78. The van der Waals surface area contributed by atoms with Crippen molar-refractivity contribution in [2.24, 2.45) is 7.05 Å². The molecule has 0 aliphatic carbocycles. The minimum absolute atomic E-state index is 0.105. The van der Waals surface area contributed by atoms with Crippen LogP contribution in [0.4, 0.5) is 0 Å². The molecule has 0 aliphatic heterocycles. The van der Waals surface area contributed by atoms with E-state index < -0.39 is 26.1 Å². The van der Waals surface area contributed by atoms with Crippen LogP contribution in [-0.2, 0) is 28.2 Å². The molecule has 1 aromatic carbocycles. The van der Waals surface area contributed by atoms with Gasteiger partial charge < -0.3 is 4.55 Å². The van der Waals surface area contributed by atoms with Gasteiger partial charge in [-0.2, -0.15) is 13.0 Å². The van der Waals surface area contributed by atoms with E-state index in [1.165, 1.54) is 29.2 Å². The molecule has 0 saturated heterocycles. The van der Waals surface area contributed by atoms with E-state index in [1.54, 1.807) is 24.7 Å². The Labute approximate surface area is 118 Å². The first-order chi connectivity index (χ1) is 9.20. The van der Waals surface area contributed by atoms with Crippen LogP contribution in [0.15, 0.2) is 40.6 Å². The molecule has 0 spiro atoms. The van der Waals surface area contributed by atoms with E-state index in [0.29, 0.717) is 5.56 Å². The van der Waals surface area contributed by atoms with Gasteiger partial charge >= 0.3 is 0 Å². The van der Waals surface area contributed by atoms with E-state index in [1.807, 2.05) is 0 Å². The van der Waals surface area contributed by atoms with E-state index in [0.717, 1.165) is 0 Å². The van der Waals surface area contributed by atoms with E-state index in [-0.39, 0.29) is 10.6 Å². The molecule has 0 aliphatic rings. The summed E-state index contributed by atoms with van der Waals surface area (Å²) in [6.07, 6.45) is 4.61. The fourth-order valence-electron chi connectivity index (χ4n) is 1.87. The monoisotopic (exact) mass is 316 g/mol. The molecule has 0 bridgehead atoms. The quantitative estimate of drug-likeness (QED) is 0.491. The van der Waals surface area contributed by atoms with Gasteiger partial charge in [0.1, 0.15) is 17.3 Å². The van der Waals surface area contributed by atoms with E-state index in [2.05, 4.69) is 0 Å². The van der Waals surface area contributed by atoms with Crippen molar-refractivity contribution in [2.45, 2.75) is 16.7 Å². The zero-order valence-electron chi connectivity index (χ0n) is 10.7. The highest BCUT2D eigenvalue weighted by Gasteiger charge is 2.25. The molecule has 2 aromatic rings. The topological polar surface area (TPSA) is 103 Å². The first-order valence-corrected chi connectivity index (χ1v) is 7.96. The van der Waals surface area contributed by atoms with E-state index >= 15 is 0 Å². The van der Waals surface area contributed by atoms with Gasteiger partial charge in [0, 0.05) is 0 Å². The Bertz CT molecular complexity index is 795. The summed E-state index contributed by atoms with van der Waals surface area (Å²) in [5.74, 6) is 0. The van der Waals surface area contributed by atoms with E-state index in [4.69, 9.17) is 0 Å². The summed E-state index contributed by atoms with van der Waals surface area (Å²) in [5, 5.41) is 0. The maximum Gasteiger partial charge on any atom is 0.298 e. The highest BCUT2D eigenvalue weighted by molar-refractivity contribution is 7.86. The lowest BCUT2D eigenvalue weighted by molar-refractivity contribution is -0.670. The molecule has 0 radical (unpaired) electrons. The predicted octanol–water partition coefficient (Wildman–Crippen LogP) is 0.0949. The Morgan fingerprint density at radius 2 is 2.05 bits per heavy atom. The van der Waals surface area contributed by atoms with Gasteiger partial charge in [0.25, 0.3) is 10.1 Å². The number of aromatic nitrogens is 2. The van der Waals surface area contributed by atoms with Crippen molar-refractivity contribution in [3.8, 4) is 5.69 Å². The molecular formula is C11H12N2O5S2. The van der Waals surface area contributed by atoms with Crippen molar-refractivity contribution in [1.29, 1.82) is 0 Å². The average Bonchev–Trinajstić information content (AvgIpc) is 2.73. The highest BCUT2D eigenvalue weighted by Crippen LogP contribution is 2.27. The first-order valence-electron chi connectivity index (χ1n) is 5.45. The second-order valence-corrected chi connectivity index (χ2v) is 6.61. The number of aryl methyl sites for hydroxylation is 2. The fourth-order valence-corrected chi connectivity index (χ4v) is 3.39. The highest BCUT2D eigenvalue weighted by atomic mass is 32.2. The third kappa shape index (κ3) is 2.80. The summed E-state index contributed by atoms with van der Waals surface area (Å²) in [5.41, 5.74) is 0.309. The predicted molar refractivity (Wildman–Crippen MR) is 68.7 cm³/mol. The molecule has 0 amide bonds. The first kappa shape index (κ1) is 14.9. The zero-order chi connectivity index (χ0) is 15.1. The van der Waals surface area contributed by atoms with Crippen LogP contribution in [0.2, 0.25) is 0 Å². The molecule has 20 heavy (non-hydrogen) atoms. The second kappa shape index (κ2) is 5.09. The smallest absolute Gasteiger partial charge is 0.298 e. The van der Waals surface area contributed by atoms with Crippen LogP contribution >= 0.6 is 0 Å². The van der Waals surface area contributed by atoms with Crippen molar-refractivity contribution in [1.82, 2.24) is 4.57 Å². The van der Waals surface area contributed by atoms with Crippen LogP contribution in [0.5, 0.6) is 0 Å². The maximum atomic E-state index is 11.5. The number of rotatable bonds is 3. The summed E-state index contributed by atoms with van der Waals surface area (Å²) in [7, 11) is -2.85. The molecule has 1 unspecified atom stereocenters. The van der Waals surface area contributed by atoms with Gasteiger partial charge in [-0.3, -0.25) is 8.76 Å². The Balaban J connectivity index is 2.91. The van der Waals surface area contributed by atoms with Crippen molar-refractivity contribution < 1.29 is 26.3 Å². The lowest BCUT2D eigenvalue weighted by Crippen LogP contribution is -2.24. The average molecular weight is 316 g/mol.